The molecular formula is C20H20ClNO5. The molecule has 0 saturated heterocycles. The number of carboxylic acids is 1. The Hall–Kier alpha value is -2.86. The van der Waals surface area contributed by atoms with E-state index in [0.717, 1.165) is 16.7 Å². The highest BCUT2D eigenvalue weighted by Crippen LogP contribution is 2.23. The molecular weight excluding hydrogens is 370 g/mol. The predicted octanol–water partition coefficient (Wildman–Crippen LogP) is 3.07. The summed E-state index contributed by atoms with van der Waals surface area (Å²) in [6, 6.07) is 14.2. The molecule has 1 unspecified atom stereocenters. The molecule has 2 rings (SSSR count). The maximum absolute atomic E-state index is 11.8. The summed E-state index contributed by atoms with van der Waals surface area (Å²) >= 11 is 6.01. The minimum absolute atomic E-state index is 0.0703. The van der Waals surface area contributed by atoms with Crippen LogP contribution < -0.4 is 5.32 Å². The average Bonchev–Trinajstić information content (AvgIpc) is 2.62. The van der Waals surface area contributed by atoms with Gasteiger partial charge in [0.15, 0.2) is 0 Å². The number of carboxylic acid groups (broad SMARTS) is 1. The van der Waals surface area contributed by atoms with Crippen molar-refractivity contribution in [1.82, 2.24) is 5.32 Å². The van der Waals surface area contributed by atoms with Crippen LogP contribution in [0, 0.1) is 0 Å². The lowest BCUT2D eigenvalue weighted by Gasteiger charge is -2.16. The number of nitrogens with one attached hydrogen (secondary N) is 1. The Kier molecular flexibility index (Phi) is 7.37. The minimum atomic E-state index is -1.07. The van der Waals surface area contributed by atoms with Gasteiger partial charge in [0, 0.05) is 11.1 Å². The third-order valence-corrected chi connectivity index (χ3v) is 4.05. The fourth-order valence-corrected chi connectivity index (χ4v) is 2.80. The third-order valence-electron chi connectivity index (χ3n) is 3.81. The lowest BCUT2D eigenvalue weighted by molar-refractivity contribution is -0.155. The molecule has 27 heavy (non-hydrogen) atoms. The summed E-state index contributed by atoms with van der Waals surface area (Å²) in [6.45, 7) is 1.65. The molecule has 0 fully saturated rings. The minimum Gasteiger partial charge on any atom is -0.481 e. The van der Waals surface area contributed by atoms with Crippen molar-refractivity contribution < 1.29 is 24.2 Å². The molecule has 1 atom stereocenters. The van der Waals surface area contributed by atoms with E-state index in [0.29, 0.717) is 5.02 Å². The molecule has 0 aliphatic heterocycles. The zero-order valence-corrected chi connectivity index (χ0v) is 15.5. The van der Waals surface area contributed by atoms with Crippen LogP contribution in [0.1, 0.15) is 18.9 Å². The van der Waals surface area contributed by atoms with Crippen molar-refractivity contribution >= 4 is 29.4 Å². The van der Waals surface area contributed by atoms with Gasteiger partial charge in [-0.1, -0.05) is 48.0 Å². The molecule has 0 radical (unpaired) electrons. The molecule has 1 amide bonds. The summed E-state index contributed by atoms with van der Waals surface area (Å²) < 4.78 is 4.62. The summed E-state index contributed by atoms with van der Waals surface area (Å²) in [5, 5.41) is 12.1. The Morgan fingerprint density at radius 1 is 1.11 bits per heavy atom. The first-order chi connectivity index (χ1) is 12.9. The first-order valence-electron chi connectivity index (χ1n) is 8.43. The molecule has 6 nitrogen and oxygen atoms in total. The van der Waals surface area contributed by atoms with Crippen LogP contribution in [0.5, 0.6) is 0 Å². The molecule has 0 heterocycles. The largest absolute Gasteiger partial charge is 0.481 e. The van der Waals surface area contributed by atoms with E-state index >= 15 is 0 Å². The highest BCUT2D eigenvalue weighted by Gasteiger charge is 2.22. The van der Waals surface area contributed by atoms with Crippen LogP contribution in [0.2, 0.25) is 5.02 Å². The van der Waals surface area contributed by atoms with E-state index in [4.69, 9.17) is 16.7 Å². The molecule has 2 aromatic rings. The number of carbonyl (C=O) groups excluding carboxylic acids is 2. The van der Waals surface area contributed by atoms with Gasteiger partial charge in [-0.15, -0.1) is 0 Å². The van der Waals surface area contributed by atoms with Crippen LogP contribution in [0.3, 0.4) is 0 Å². The molecule has 0 saturated carbocycles. The number of rotatable bonds is 7. The second kappa shape index (κ2) is 9.73. The Morgan fingerprint density at radius 3 is 2.41 bits per heavy atom. The van der Waals surface area contributed by atoms with Crippen molar-refractivity contribution in [2.45, 2.75) is 25.8 Å². The van der Waals surface area contributed by atoms with E-state index in [1.165, 1.54) is 0 Å². The van der Waals surface area contributed by atoms with Gasteiger partial charge in [0.05, 0.1) is 13.0 Å². The van der Waals surface area contributed by atoms with Crippen molar-refractivity contribution in [3.05, 3.63) is 59.1 Å². The van der Waals surface area contributed by atoms with E-state index < -0.39 is 23.9 Å². The van der Waals surface area contributed by atoms with Crippen molar-refractivity contribution in [2.75, 3.05) is 6.61 Å². The van der Waals surface area contributed by atoms with Crippen LogP contribution >= 0.6 is 11.6 Å². The molecule has 142 valence electrons. The van der Waals surface area contributed by atoms with Gasteiger partial charge >= 0.3 is 17.8 Å². The van der Waals surface area contributed by atoms with Crippen molar-refractivity contribution in [1.29, 1.82) is 0 Å². The molecule has 0 aliphatic rings. The molecule has 7 heteroatoms. The van der Waals surface area contributed by atoms with Crippen molar-refractivity contribution in [3.63, 3.8) is 0 Å². The number of hydrogen-bond donors (Lipinski definition) is 2. The topological polar surface area (TPSA) is 92.7 Å². The Balaban J connectivity index is 2.09. The molecule has 2 N–H and O–H groups in total. The predicted molar refractivity (Wildman–Crippen MR) is 101 cm³/mol. The number of aliphatic carboxylic acids is 1. The number of carbonyl (C=O) groups is 3. The van der Waals surface area contributed by atoms with Crippen LogP contribution in [-0.4, -0.2) is 35.6 Å². The lowest BCUT2D eigenvalue weighted by Crippen LogP contribution is -2.42. The van der Waals surface area contributed by atoms with Gasteiger partial charge in [-0.25, -0.2) is 4.79 Å². The summed E-state index contributed by atoms with van der Waals surface area (Å²) in [7, 11) is 0. The second-order valence-electron chi connectivity index (χ2n) is 5.90. The van der Waals surface area contributed by atoms with E-state index in [-0.39, 0.29) is 19.4 Å². The maximum Gasteiger partial charge on any atom is 0.396 e. The van der Waals surface area contributed by atoms with Gasteiger partial charge in [0.25, 0.3) is 0 Å². The standard InChI is InChI=1S/C20H20ClNO5/c1-2-27-20(26)19(25)22-17(12-18(23)24)10-13-6-8-14(9-7-13)15-4-3-5-16(21)11-15/h3-9,11,17H,2,10,12H2,1H3,(H,22,25)(H,23,24). The monoisotopic (exact) mass is 389 g/mol. The van der Waals surface area contributed by atoms with E-state index in [1.54, 1.807) is 13.0 Å². The van der Waals surface area contributed by atoms with Gasteiger partial charge in [-0.3, -0.25) is 9.59 Å². The smallest absolute Gasteiger partial charge is 0.396 e. The zero-order valence-electron chi connectivity index (χ0n) is 14.8. The quantitative estimate of drug-likeness (QED) is 0.560. The summed E-state index contributed by atoms with van der Waals surface area (Å²) in [4.78, 5) is 34.3. The Morgan fingerprint density at radius 2 is 1.81 bits per heavy atom. The Labute approximate surface area is 162 Å². The summed E-state index contributed by atoms with van der Waals surface area (Å²) in [5.74, 6) is -3.04. The highest BCUT2D eigenvalue weighted by atomic mass is 35.5. The second-order valence-corrected chi connectivity index (χ2v) is 6.34. The molecule has 0 spiro atoms. The van der Waals surface area contributed by atoms with Gasteiger partial charge in [-0.2, -0.15) is 0 Å². The number of hydrogen-bond acceptors (Lipinski definition) is 4. The fourth-order valence-electron chi connectivity index (χ4n) is 2.61. The number of amides is 1. The first kappa shape index (κ1) is 20.5. The maximum atomic E-state index is 11.8. The van der Waals surface area contributed by atoms with Gasteiger partial charge in [-0.05, 0) is 42.2 Å². The normalized spacial score (nSPS) is 11.5. The van der Waals surface area contributed by atoms with E-state index in [9.17, 15) is 14.4 Å². The summed E-state index contributed by atoms with van der Waals surface area (Å²) in [6.07, 6.45) is -0.0333. The first-order valence-corrected chi connectivity index (χ1v) is 8.81. The van der Waals surface area contributed by atoms with Gasteiger partial charge < -0.3 is 15.2 Å². The number of ether oxygens (including phenoxy) is 1. The van der Waals surface area contributed by atoms with E-state index in [1.807, 2.05) is 42.5 Å². The van der Waals surface area contributed by atoms with Crippen LogP contribution in [0.15, 0.2) is 48.5 Å². The van der Waals surface area contributed by atoms with Crippen molar-refractivity contribution in [2.24, 2.45) is 0 Å². The number of esters is 1. The summed E-state index contributed by atoms with van der Waals surface area (Å²) in [5.41, 5.74) is 2.76. The molecule has 0 bridgehead atoms. The zero-order chi connectivity index (χ0) is 19.8. The highest BCUT2D eigenvalue weighted by molar-refractivity contribution is 6.32. The number of halogens is 1. The van der Waals surface area contributed by atoms with E-state index in [2.05, 4.69) is 10.1 Å². The van der Waals surface area contributed by atoms with Crippen LogP contribution in [-0.2, 0) is 25.5 Å². The van der Waals surface area contributed by atoms with Gasteiger partial charge in [0.1, 0.15) is 0 Å². The number of benzene rings is 2. The lowest BCUT2D eigenvalue weighted by atomic mass is 9.99. The average molecular weight is 390 g/mol. The molecule has 0 aromatic heterocycles. The molecule has 0 aliphatic carbocycles. The Bertz CT molecular complexity index is 819. The fraction of sp³-hybridized carbons (Fsp3) is 0.250. The van der Waals surface area contributed by atoms with Gasteiger partial charge in [0.2, 0.25) is 0 Å². The van der Waals surface area contributed by atoms with Crippen molar-refractivity contribution in [3.8, 4) is 11.1 Å². The third kappa shape index (κ3) is 6.42. The van der Waals surface area contributed by atoms with Crippen LogP contribution in [0.4, 0.5) is 0 Å². The molecule has 2 aromatic carbocycles. The SMILES string of the molecule is CCOC(=O)C(=O)NC(CC(=O)O)Cc1ccc(-c2cccc(Cl)c2)cc1. The van der Waals surface area contributed by atoms with Crippen LogP contribution in [0.25, 0.3) is 11.1 Å².